The van der Waals surface area contributed by atoms with Gasteiger partial charge in [-0.3, -0.25) is 9.69 Å². The van der Waals surface area contributed by atoms with Crippen LogP contribution in [0.2, 0.25) is 0 Å². The normalized spacial score (nSPS) is 12.8. The van der Waals surface area contributed by atoms with Gasteiger partial charge in [0.2, 0.25) is 11.8 Å². The highest BCUT2D eigenvalue weighted by Gasteiger charge is 2.31. The Morgan fingerprint density at radius 2 is 2.08 bits per heavy atom. The molecule has 0 N–H and O–H groups in total. The quantitative estimate of drug-likeness (QED) is 0.636. The molecule has 1 aromatic heterocycles. The zero-order chi connectivity index (χ0) is 19.0. The number of hydrogen-bond donors (Lipinski definition) is 0. The summed E-state index contributed by atoms with van der Waals surface area (Å²) >= 11 is 0. The Labute approximate surface area is 146 Å². The molecule has 25 heavy (non-hydrogen) atoms. The van der Waals surface area contributed by atoms with Crippen molar-refractivity contribution in [2.45, 2.75) is 25.1 Å². The zero-order valence-electron chi connectivity index (χ0n) is 14.7. The SMILES string of the molecule is C=CCC[C@@H](CN(C)CC(=O)N(C)C)Oc1cc(C(F)(F)F)ccn1. The van der Waals surface area contributed by atoms with E-state index in [1.54, 1.807) is 32.1 Å². The lowest BCUT2D eigenvalue weighted by atomic mass is 10.2. The highest BCUT2D eigenvalue weighted by Crippen LogP contribution is 2.30. The van der Waals surface area contributed by atoms with Crippen LogP contribution < -0.4 is 4.74 Å². The molecule has 0 aliphatic carbocycles. The number of ether oxygens (including phenoxy) is 1. The molecule has 0 aliphatic rings. The largest absolute Gasteiger partial charge is 0.473 e. The molecule has 140 valence electrons. The first-order chi connectivity index (χ1) is 11.6. The predicted octanol–water partition coefficient (Wildman–Crippen LogP) is 2.83. The second-order valence-electron chi connectivity index (χ2n) is 5.97. The number of pyridine rings is 1. The molecule has 5 nitrogen and oxygen atoms in total. The van der Waals surface area contributed by atoms with Gasteiger partial charge in [-0.25, -0.2) is 4.98 Å². The minimum absolute atomic E-state index is 0.0674. The van der Waals surface area contributed by atoms with Crippen LogP contribution in [0.25, 0.3) is 0 Å². The Bertz CT molecular complexity index is 577. The van der Waals surface area contributed by atoms with E-state index in [4.69, 9.17) is 4.74 Å². The van der Waals surface area contributed by atoms with Crippen molar-refractivity contribution < 1.29 is 22.7 Å². The van der Waals surface area contributed by atoms with Crippen LogP contribution in [0.3, 0.4) is 0 Å². The van der Waals surface area contributed by atoms with Gasteiger partial charge in [0, 0.05) is 32.9 Å². The lowest BCUT2D eigenvalue weighted by molar-refractivity contribution is -0.137. The van der Waals surface area contributed by atoms with Crippen molar-refractivity contribution in [3.63, 3.8) is 0 Å². The first kappa shape index (κ1) is 21.0. The Balaban J connectivity index is 2.79. The van der Waals surface area contributed by atoms with Gasteiger partial charge < -0.3 is 9.64 Å². The Morgan fingerprint density at radius 3 is 2.64 bits per heavy atom. The molecule has 0 bridgehead atoms. The van der Waals surface area contributed by atoms with E-state index in [0.29, 0.717) is 19.4 Å². The van der Waals surface area contributed by atoms with Gasteiger partial charge in [0.1, 0.15) is 6.10 Å². The van der Waals surface area contributed by atoms with E-state index >= 15 is 0 Å². The minimum atomic E-state index is -4.45. The first-order valence-electron chi connectivity index (χ1n) is 7.83. The molecule has 1 heterocycles. The number of likely N-dealkylation sites (N-methyl/N-ethyl adjacent to an activating group) is 2. The number of amides is 1. The summed E-state index contributed by atoms with van der Waals surface area (Å²) in [5.74, 6) is -0.154. The van der Waals surface area contributed by atoms with E-state index in [2.05, 4.69) is 11.6 Å². The Kier molecular flexibility index (Phi) is 7.89. The van der Waals surface area contributed by atoms with E-state index in [0.717, 1.165) is 18.3 Å². The second-order valence-corrected chi connectivity index (χ2v) is 5.97. The summed E-state index contributed by atoms with van der Waals surface area (Å²) in [6.45, 7) is 4.21. The Hall–Kier alpha value is -2.09. The van der Waals surface area contributed by atoms with Crippen molar-refractivity contribution in [3.05, 3.63) is 36.5 Å². The number of nitrogens with zero attached hydrogens (tertiary/aromatic N) is 3. The van der Waals surface area contributed by atoms with Crippen molar-refractivity contribution in [3.8, 4) is 5.88 Å². The number of hydrogen-bond acceptors (Lipinski definition) is 4. The van der Waals surface area contributed by atoms with Crippen LogP contribution >= 0.6 is 0 Å². The summed E-state index contributed by atoms with van der Waals surface area (Å²) < 4.78 is 44.0. The zero-order valence-corrected chi connectivity index (χ0v) is 14.7. The lowest BCUT2D eigenvalue weighted by Crippen LogP contribution is -2.39. The van der Waals surface area contributed by atoms with Gasteiger partial charge in [-0.05, 0) is 26.0 Å². The highest BCUT2D eigenvalue weighted by molar-refractivity contribution is 5.77. The summed E-state index contributed by atoms with van der Waals surface area (Å²) in [7, 11) is 5.08. The second kappa shape index (κ2) is 9.41. The van der Waals surface area contributed by atoms with E-state index < -0.39 is 17.8 Å². The lowest BCUT2D eigenvalue weighted by Gasteiger charge is -2.25. The fourth-order valence-corrected chi connectivity index (χ4v) is 2.10. The maximum Gasteiger partial charge on any atom is 0.416 e. The number of halogens is 3. The number of aromatic nitrogens is 1. The standard InChI is InChI=1S/C17H24F3N3O2/c1-5-6-7-14(11-23(4)12-16(24)22(2)3)25-15-10-13(8-9-21-15)17(18,19)20/h5,8-10,14H,1,6-7,11-12H2,2-4H3/t14-/m0/s1. The predicted molar refractivity (Wildman–Crippen MR) is 89.3 cm³/mol. The molecule has 1 rings (SSSR count). The maximum absolute atomic E-state index is 12.8. The smallest absolute Gasteiger partial charge is 0.416 e. The number of carbonyl (C=O) groups is 1. The average Bonchev–Trinajstić information content (AvgIpc) is 2.51. The number of rotatable bonds is 9. The van der Waals surface area contributed by atoms with Crippen LogP contribution in [0.5, 0.6) is 5.88 Å². The van der Waals surface area contributed by atoms with Crippen LogP contribution in [0.15, 0.2) is 31.0 Å². The van der Waals surface area contributed by atoms with Crippen molar-refractivity contribution in [1.82, 2.24) is 14.8 Å². The van der Waals surface area contributed by atoms with E-state index in [1.807, 2.05) is 0 Å². The van der Waals surface area contributed by atoms with Crippen molar-refractivity contribution in [2.24, 2.45) is 0 Å². The summed E-state index contributed by atoms with van der Waals surface area (Å²) in [6, 6.07) is 1.78. The molecule has 0 aromatic carbocycles. The summed E-state index contributed by atoms with van der Waals surface area (Å²) in [4.78, 5) is 18.9. The first-order valence-corrected chi connectivity index (χ1v) is 7.83. The van der Waals surface area contributed by atoms with E-state index in [1.165, 1.54) is 4.90 Å². The van der Waals surface area contributed by atoms with Crippen LogP contribution in [-0.2, 0) is 11.0 Å². The molecule has 0 spiro atoms. The molecule has 0 fully saturated rings. The number of carbonyl (C=O) groups excluding carboxylic acids is 1. The molecule has 0 saturated heterocycles. The number of alkyl halides is 3. The van der Waals surface area contributed by atoms with Crippen molar-refractivity contribution in [1.29, 1.82) is 0 Å². The third kappa shape index (κ3) is 7.55. The van der Waals surface area contributed by atoms with E-state index in [9.17, 15) is 18.0 Å². The van der Waals surface area contributed by atoms with Crippen LogP contribution in [0, 0.1) is 0 Å². The molecule has 1 amide bonds. The van der Waals surface area contributed by atoms with Gasteiger partial charge in [-0.2, -0.15) is 13.2 Å². The fourth-order valence-electron chi connectivity index (χ4n) is 2.10. The van der Waals surface area contributed by atoms with Gasteiger partial charge >= 0.3 is 6.18 Å². The van der Waals surface area contributed by atoms with Crippen molar-refractivity contribution in [2.75, 3.05) is 34.2 Å². The monoisotopic (exact) mass is 359 g/mol. The topological polar surface area (TPSA) is 45.7 Å². The van der Waals surface area contributed by atoms with Crippen LogP contribution in [0.1, 0.15) is 18.4 Å². The summed E-state index contributed by atoms with van der Waals surface area (Å²) in [5.41, 5.74) is -0.809. The average molecular weight is 359 g/mol. The van der Waals surface area contributed by atoms with Gasteiger partial charge in [-0.1, -0.05) is 6.08 Å². The van der Waals surface area contributed by atoms with E-state index in [-0.39, 0.29) is 18.3 Å². The van der Waals surface area contributed by atoms with Crippen molar-refractivity contribution >= 4 is 5.91 Å². The van der Waals surface area contributed by atoms with Gasteiger partial charge in [-0.15, -0.1) is 6.58 Å². The molecule has 0 radical (unpaired) electrons. The summed E-state index contributed by atoms with van der Waals surface area (Å²) in [6.07, 6.45) is -0.884. The molecular weight excluding hydrogens is 335 g/mol. The molecule has 1 aromatic rings. The minimum Gasteiger partial charge on any atom is -0.473 e. The molecule has 8 heteroatoms. The number of allylic oxidation sites excluding steroid dienone is 1. The van der Waals surface area contributed by atoms with Crippen LogP contribution in [-0.4, -0.2) is 61.0 Å². The summed E-state index contributed by atoms with van der Waals surface area (Å²) in [5, 5.41) is 0. The molecule has 0 unspecified atom stereocenters. The van der Waals surface area contributed by atoms with Crippen LogP contribution in [0.4, 0.5) is 13.2 Å². The molecule has 1 atom stereocenters. The molecular formula is C17H24F3N3O2. The van der Waals surface area contributed by atoms with Gasteiger partial charge in [0.25, 0.3) is 0 Å². The third-order valence-electron chi connectivity index (χ3n) is 3.46. The molecule has 0 aliphatic heterocycles. The maximum atomic E-state index is 12.8. The fraction of sp³-hybridized carbons (Fsp3) is 0.529. The van der Waals surface area contributed by atoms with Gasteiger partial charge in [0.15, 0.2) is 0 Å². The third-order valence-corrected chi connectivity index (χ3v) is 3.46. The Morgan fingerprint density at radius 1 is 1.40 bits per heavy atom. The van der Waals surface area contributed by atoms with Gasteiger partial charge in [0.05, 0.1) is 12.1 Å². The highest BCUT2D eigenvalue weighted by atomic mass is 19.4. The molecule has 0 saturated carbocycles.